The Hall–Kier alpha value is -3.02. The van der Waals surface area contributed by atoms with E-state index in [1.807, 2.05) is 12.1 Å². The fraction of sp³-hybridized carbons (Fsp3) is 0.333. The number of aryl methyl sites for hydroxylation is 1. The number of ketones is 1. The van der Waals surface area contributed by atoms with Crippen LogP contribution in [-0.4, -0.2) is 31.1 Å². The number of fused-ring (bicyclic) bond motifs is 2. The van der Waals surface area contributed by atoms with Crippen LogP contribution in [0.1, 0.15) is 36.2 Å². The molecule has 140 valence electrons. The second-order valence-electron chi connectivity index (χ2n) is 7.00. The van der Waals surface area contributed by atoms with E-state index in [4.69, 9.17) is 9.47 Å². The molecule has 2 aromatic rings. The van der Waals surface area contributed by atoms with Gasteiger partial charge in [-0.05, 0) is 44.4 Å². The summed E-state index contributed by atoms with van der Waals surface area (Å²) >= 11 is 0. The lowest BCUT2D eigenvalue weighted by atomic mass is 9.96. The van der Waals surface area contributed by atoms with Gasteiger partial charge in [-0.2, -0.15) is 0 Å². The number of rotatable bonds is 4. The molecule has 2 aliphatic heterocycles. The molecule has 1 amide bonds. The predicted octanol–water partition coefficient (Wildman–Crippen LogP) is 3.40. The van der Waals surface area contributed by atoms with Crippen molar-refractivity contribution in [2.75, 3.05) is 23.6 Å². The number of para-hydroxylation sites is 1. The summed E-state index contributed by atoms with van der Waals surface area (Å²) in [5.74, 6) is 0.754. The molecule has 2 heterocycles. The summed E-state index contributed by atoms with van der Waals surface area (Å²) in [6.45, 7) is 3.94. The van der Waals surface area contributed by atoms with Crippen LogP contribution in [0.2, 0.25) is 0 Å². The highest BCUT2D eigenvalue weighted by Gasteiger charge is 2.26. The molecular formula is C21H22N2O4. The number of hydrogen-bond acceptors (Lipinski definition) is 5. The standard InChI is InChI=1S/C21H22N2O4/c1-13-7-8-15-5-3-4-6-18(15)23(13)11-21(25)22-17-10-20-19(26-12-27-20)9-16(17)14(2)24/h3-6,9-10,13H,7-8,11-12H2,1-2H3,(H,22,25). The van der Waals surface area contributed by atoms with Crippen LogP contribution in [0.3, 0.4) is 0 Å². The van der Waals surface area contributed by atoms with Crippen LogP contribution in [0, 0.1) is 0 Å². The third-order valence-corrected chi connectivity index (χ3v) is 5.14. The van der Waals surface area contributed by atoms with E-state index < -0.39 is 0 Å². The molecule has 1 atom stereocenters. The smallest absolute Gasteiger partial charge is 0.243 e. The van der Waals surface area contributed by atoms with Gasteiger partial charge >= 0.3 is 0 Å². The van der Waals surface area contributed by atoms with E-state index >= 15 is 0 Å². The molecule has 1 unspecified atom stereocenters. The molecule has 6 heteroatoms. The highest BCUT2D eigenvalue weighted by atomic mass is 16.7. The maximum atomic E-state index is 12.8. The van der Waals surface area contributed by atoms with Crippen molar-refractivity contribution in [3.63, 3.8) is 0 Å². The Morgan fingerprint density at radius 2 is 1.93 bits per heavy atom. The Kier molecular flexibility index (Phi) is 4.48. The van der Waals surface area contributed by atoms with Crippen LogP contribution < -0.4 is 19.7 Å². The first-order chi connectivity index (χ1) is 13.0. The molecule has 0 aliphatic carbocycles. The van der Waals surface area contributed by atoms with Gasteiger partial charge in [-0.15, -0.1) is 0 Å². The molecule has 2 aromatic carbocycles. The Bertz CT molecular complexity index is 909. The van der Waals surface area contributed by atoms with Gasteiger partial charge in [-0.3, -0.25) is 9.59 Å². The molecular weight excluding hydrogens is 344 g/mol. The van der Waals surface area contributed by atoms with Gasteiger partial charge in [-0.1, -0.05) is 18.2 Å². The van der Waals surface area contributed by atoms with Gasteiger partial charge in [0.05, 0.1) is 12.2 Å². The van der Waals surface area contributed by atoms with Crippen LogP contribution in [-0.2, 0) is 11.2 Å². The molecule has 0 bridgehead atoms. The van der Waals surface area contributed by atoms with E-state index in [0.717, 1.165) is 18.5 Å². The lowest BCUT2D eigenvalue weighted by molar-refractivity contribution is -0.115. The van der Waals surface area contributed by atoms with E-state index in [-0.39, 0.29) is 31.1 Å². The van der Waals surface area contributed by atoms with Gasteiger partial charge in [0.15, 0.2) is 17.3 Å². The van der Waals surface area contributed by atoms with Gasteiger partial charge in [0.1, 0.15) is 0 Å². The van der Waals surface area contributed by atoms with Crippen LogP contribution in [0.15, 0.2) is 36.4 Å². The van der Waals surface area contributed by atoms with Crippen molar-refractivity contribution in [1.82, 2.24) is 0 Å². The summed E-state index contributed by atoms with van der Waals surface area (Å²) in [4.78, 5) is 26.9. The van der Waals surface area contributed by atoms with E-state index in [1.165, 1.54) is 12.5 Å². The van der Waals surface area contributed by atoms with Gasteiger partial charge in [0.2, 0.25) is 12.7 Å². The number of hydrogen-bond donors (Lipinski definition) is 1. The minimum atomic E-state index is -0.167. The molecule has 6 nitrogen and oxygen atoms in total. The molecule has 0 spiro atoms. The molecule has 27 heavy (non-hydrogen) atoms. The van der Waals surface area contributed by atoms with Crippen LogP contribution in [0.25, 0.3) is 0 Å². The number of ether oxygens (including phenoxy) is 2. The van der Waals surface area contributed by atoms with Crippen molar-refractivity contribution in [3.05, 3.63) is 47.5 Å². The minimum Gasteiger partial charge on any atom is -0.454 e. The van der Waals surface area contributed by atoms with Crippen LogP contribution in [0.5, 0.6) is 11.5 Å². The van der Waals surface area contributed by atoms with Gasteiger partial charge in [-0.25, -0.2) is 0 Å². The molecule has 2 aliphatic rings. The lowest BCUT2D eigenvalue weighted by Gasteiger charge is -2.36. The van der Waals surface area contributed by atoms with E-state index in [0.29, 0.717) is 22.7 Å². The molecule has 4 rings (SSSR count). The summed E-state index contributed by atoms with van der Waals surface area (Å²) in [6.07, 6.45) is 2.03. The van der Waals surface area contributed by atoms with Crippen molar-refractivity contribution in [3.8, 4) is 11.5 Å². The summed E-state index contributed by atoms with van der Waals surface area (Å²) in [7, 11) is 0. The Balaban J connectivity index is 1.56. The SMILES string of the molecule is CC(=O)c1cc2c(cc1NC(=O)CN1c3ccccc3CCC1C)OCO2. The van der Waals surface area contributed by atoms with Crippen molar-refractivity contribution in [2.24, 2.45) is 0 Å². The number of benzene rings is 2. The topological polar surface area (TPSA) is 67.9 Å². The molecule has 1 N–H and O–H groups in total. The fourth-order valence-electron chi connectivity index (χ4n) is 3.68. The maximum absolute atomic E-state index is 12.8. The zero-order valence-corrected chi connectivity index (χ0v) is 15.5. The third-order valence-electron chi connectivity index (χ3n) is 5.14. The second-order valence-corrected chi connectivity index (χ2v) is 7.00. The maximum Gasteiger partial charge on any atom is 0.243 e. The first-order valence-electron chi connectivity index (χ1n) is 9.12. The van der Waals surface area contributed by atoms with E-state index in [9.17, 15) is 9.59 Å². The van der Waals surface area contributed by atoms with Gasteiger partial charge in [0, 0.05) is 23.4 Å². The largest absolute Gasteiger partial charge is 0.454 e. The number of nitrogens with zero attached hydrogens (tertiary/aromatic N) is 1. The van der Waals surface area contributed by atoms with Crippen LogP contribution >= 0.6 is 0 Å². The molecule has 0 aromatic heterocycles. The summed E-state index contributed by atoms with van der Waals surface area (Å²) in [5.41, 5.74) is 3.23. The quantitative estimate of drug-likeness (QED) is 0.840. The van der Waals surface area contributed by atoms with Crippen molar-refractivity contribution in [1.29, 1.82) is 0 Å². The number of amides is 1. The lowest BCUT2D eigenvalue weighted by Crippen LogP contribution is -2.42. The number of carbonyl (C=O) groups excluding carboxylic acids is 2. The summed E-state index contributed by atoms with van der Waals surface area (Å²) in [5, 5.41) is 2.88. The van der Waals surface area contributed by atoms with Crippen molar-refractivity contribution in [2.45, 2.75) is 32.7 Å². The molecule has 0 radical (unpaired) electrons. The van der Waals surface area contributed by atoms with Gasteiger partial charge < -0.3 is 19.7 Å². The van der Waals surface area contributed by atoms with Crippen molar-refractivity contribution < 1.29 is 19.1 Å². The molecule has 0 saturated carbocycles. The Labute approximate surface area is 158 Å². The first kappa shape index (κ1) is 17.4. The fourth-order valence-corrected chi connectivity index (χ4v) is 3.68. The number of anilines is 2. The number of Topliss-reactive ketones (excluding diaryl/α,β-unsaturated/α-hetero) is 1. The zero-order chi connectivity index (χ0) is 19.0. The average molecular weight is 366 g/mol. The summed E-state index contributed by atoms with van der Waals surface area (Å²) < 4.78 is 10.7. The third kappa shape index (κ3) is 3.35. The highest BCUT2D eigenvalue weighted by Crippen LogP contribution is 2.37. The Morgan fingerprint density at radius 3 is 2.70 bits per heavy atom. The van der Waals surface area contributed by atoms with Crippen molar-refractivity contribution >= 4 is 23.1 Å². The number of carbonyl (C=O) groups is 2. The first-order valence-corrected chi connectivity index (χ1v) is 9.12. The van der Waals surface area contributed by atoms with Gasteiger partial charge in [0.25, 0.3) is 0 Å². The average Bonchev–Trinajstić information content (AvgIpc) is 3.10. The second kappa shape index (κ2) is 6.95. The molecule has 0 fully saturated rings. The van der Waals surface area contributed by atoms with E-state index in [1.54, 1.807) is 12.1 Å². The van der Waals surface area contributed by atoms with E-state index in [2.05, 4.69) is 29.3 Å². The summed E-state index contributed by atoms with van der Waals surface area (Å²) in [6, 6.07) is 11.7. The normalized spacial score (nSPS) is 17.4. The monoisotopic (exact) mass is 366 g/mol. The zero-order valence-electron chi connectivity index (χ0n) is 15.5. The van der Waals surface area contributed by atoms with Crippen LogP contribution in [0.4, 0.5) is 11.4 Å². The molecule has 0 saturated heterocycles. The minimum absolute atomic E-state index is 0.117. The Morgan fingerprint density at radius 1 is 1.19 bits per heavy atom. The number of nitrogens with one attached hydrogen (secondary N) is 1. The highest BCUT2D eigenvalue weighted by molar-refractivity contribution is 6.05. The predicted molar refractivity (Wildman–Crippen MR) is 103 cm³/mol.